The Morgan fingerprint density at radius 2 is 0.651 bits per heavy atom. The Labute approximate surface area is 261 Å². The first-order chi connectivity index (χ1) is 21.2. The maximum atomic E-state index is 5.02. The molecule has 0 fully saturated rings. The number of hydrogen-bond donors (Lipinski definition) is 2. The van der Waals surface area contributed by atoms with Gasteiger partial charge in [-0.15, -0.1) is 0 Å². The van der Waals surface area contributed by atoms with Crippen LogP contribution in [0.3, 0.4) is 0 Å². The molecule has 0 amide bonds. The van der Waals surface area contributed by atoms with E-state index in [4.69, 9.17) is 40.0 Å². The number of nitrogens with zero attached hydrogens (tertiary/aromatic N) is 6. The van der Waals surface area contributed by atoms with E-state index in [1.165, 1.54) is 0 Å². The van der Waals surface area contributed by atoms with Crippen LogP contribution in [0.4, 0.5) is 0 Å². The number of halogens is 2. The predicted octanol–water partition coefficient (Wildman–Crippen LogP) is 8.40. The smallest absolute Gasteiger partial charge is 0.164 e. The summed E-state index contributed by atoms with van der Waals surface area (Å²) in [6.45, 7) is 0. The average Bonchev–Trinajstić information content (AvgIpc) is 3.77. The van der Waals surface area contributed by atoms with Gasteiger partial charge in [0.2, 0.25) is 0 Å². The van der Waals surface area contributed by atoms with Crippen LogP contribution in [0, 0.1) is 0 Å². The van der Waals surface area contributed by atoms with Crippen LogP contribution < -0.4 is 0 Å². The fourth-order valence-corrected chi connectivity index (χ4v) is 5.59. The van der Waals surface area contributed by atoms with E-state index < -0.39 is 0 Å². The third-order valence-electron chi connectivity index (χ3n) is 7.46. The maximum absolute atomic E-state index is 5.02. The van der Waals surface area contributed by atoms with Crippen LogP contribution in [0.1, 0.15) is 0 Å². The zero-order valence-corrected chi connectivity index (χ0v) is 25.3. The summed E-state index contributed by atoms with van der Waals surface area (Å²) in [6.07, 6.45) is 0. The number of nitrogens with one attached hydrogen (secondary N) is 2. The van der Waals surface area contributed by atoms with Gasteiger partial charge in [-0.05, 0) is 0 Å². The molecule has 2 N–H and O–H groups in total. The monoisotopic (exact) mass is 691 g/mol. The molecule has 8 nitrogen and oxygen atoms in total. The Morgan fingerprint density at radius 3 is 0.907 bits per heavy atom. The van der Waals surface area contributed by atoms with Crippen molar-refractivity contribution >= 4 is 68.3 Å². The predicted molar refractivity (Wildman–Crippen MR) is 171 cm³/mol. The van der Waals surface area contributed by atoms with E-state index in [1.807, 2.05) is 97.1 Å². The molecular formula is C32H18BrClCuN8. The third kappa shape index (κ3) is 4.42. The van der Waals surface area contributed by atoms with Crippen molar-refractivity contribution in [1.82, 2.24) is 39.9 Å². The van der Waals surface area contributed by atoms with E-state index in [1.54, 1.807) is 0 Å². The van der Waals surface area contributed by atoms with Crippen molar-refractivity contribution in [3.05, 3.63) is 97.1 Å². The molecule has 4 aromatic carbocycles. The summed E-state index contributed by atoms with van der Waals surface area (Å²) in [4.78, 5) is 36.8. The second kappa shape index (κ2) is 10.7. The van der Waals surface area contributed by atoms with Gasteiger partial charge in [0.25, 0.3) is 0 Å². The standard InChI is InChI=1S/C32H18N8.BrH.ClH.Cu/c1-2-10-18-17(9-1)25-33-26(18)38-28-21-13-5-6-14-22(21)30(35-28)40-32-24-16-8-7-15-23(24)31(36-32)39-29-20-12-4-3-11-19(20)27(34-29)37-25;;;/h1-16H,(H2,33,34,35,36,37,38,39,40);2*1H;/q;;;+2/p-2. The molecule has 2 aliphatic heterocycles. The van der Waals surface area contributed by atoms with E-state index in [9.17, 15) is 0 Å². The van der Waals surface area contributed by atoms with Crippen LogP contribution in [-0.4, -0.2) is 39.9 Å². The van der Waals surface area contributed by atoms with Crippen molar-refractivity contribution in [2.24, 2.45) is 0 Å². The Bertz CT molecular complexity index is 2070. The van der Waals surface area contributed by atoms with Crippen molar-refractivity contribution in [1.29, 1.82) is 0 Å². The first kappa shape index (κ1) is 26.2. The number of hydrogen-bond acceptors (Lipinski definition) is 6. The molecule has 0 spiro atoms. The minimum absolute atomic E-state index is 0.597. The Kier molecular flexibility index (Phi) is 6.49. The number of aromatic nitrogens is 8. The zero-order valence-electron chi connectivity index (χ0n) is 22.0. The summed E-state index contributed by atoms with van der Waals surface area (Å²) in [5.41, 5.74) is 6.45. The summed E-state index contributed by atoms with van der Waals surface area (Å²) < 4.78 is 0. The van der Waals surface area contributed by atoms with E-state index in [0.717, 1.165) is 56.0 Å². The second-order valence-corrected chi connectivity index (χ2v) is 12.6. The fourth-order valence-electron chi connectivity index (χ4n) is 5.59. The van der Waals surface area contributed by atoms with E-state index in [0.29, 0.717) is 45.9 Å². The van der Waals surface area contributed by atoms with Gasteiger partial charge in [0.1, 0.15) is 22.6 Å². The molecule has 0 unspecified atom stereocenters. The number of rotatable bonds is 0. The summed E-state index contributed by atoms with van der Waals surface area (Å²) in [7, 11) is 4.82. The molecule has 8 bridgehead atoms. The summed E-state index contributed by atoms with van der Waals surface area (Å²) in [6, 6.07) is 32.2. The molecule has 9 rings (SSSR count). The van der Waals surface area contributed by atoms with Crippen LogP contribution in [0.25, 0.3) is 89.7 Å². The minimum atomic E-state index is 0.597. The van der Waals surface area contributed by atoms with Crippen LogP contribution >= 0.6 is 24.2 Å². The van der Waals surface area contributed by atoms with Gasteiger partial charge in [-0.25, -0.2) is 29.9 Å². The molecule has 0 radical (unpaired) electrons. The Morgan fingerprint density at radius 1 is 0.419 bits per heavy atom. The van der Waals surface area contributed by atoms with E-state index >= 15 is 0 Å². The molecule has 11 heteroatoms. The minimum Gasteiger partial charge on any atom is -0.324 e. The SMILES string of the molecule is [Cl][Cu][Br].c1ccc2c(c1)-c1nc-2nc2[nH]c(nc3nc(nc4[nH]c(n1)c1ccccc41)-c1ccccc1-3)c1ccccc21. The van der Waals surface area contributed by atoms with Gasteiger partial charge in [-0.3, -0.25) is 0 Å². The first-order valence-electron chi connectivity index (χ1n) is 13.2. The molecule has 7 aromatic rings. The largest absolute Gasteiger partial charge is 0.324 e. The summed E-state index contributed by atoms with van der Waals surface area (Å²) in [5.74, 6) is 2.39. The van der Waals surface area contributed by atoms with Gasteiger partial charge in [-0.1, -0.05) is 97.1 Å². The summed E-state index contributed by atoms with van der Waals surface area (Å²) in [5, 5.41) is 3.82. The molecule has 5 heterocycles. The van der Waals surface area contributed by atoms with Gasteiger partial charge in [0.05, 0.1) is 0 Å². The van der Waals surface area contributed by atoms with Crippen LogP contribution in [0.2, 0.25) is 0 Å². The molecular weight excluding hydrogens is 675 g/mol. The second-order valence-electron chi connectivity index (χ2n) is 9.84. The molecule has 211 valence electrons. The summed E-state index contributed by atoms with van der Waals surface area (Å²) >= 11 is 3.91. The van der Waals surface area contributed by atoms with Crippen LogP contribution in [0.5, 0.6) is 0 Å². The van der Waals surface area contributed by atoms with Crippen molar-refractivity contribution in [2.75, 3.05) is 0 Å². The fraction of sp³-hybridized carbons (Fsp3) is 0. The zero-order chi connectivity index (χ0) is 28.9. The van der Waals surface area contributed by atoms with E-state index in [-0.39, 0.29) is 0 Å². The van der Waals surface area contributed by atoms with Crippen LogP contribution in [-0.2, 0) is 12.2 Å². The number of aromatic amines is 2. The van der Waals surface area contributed by atoms with Gasteiger partial charge in [-0.2, -0.15) is 0 Å². The number of benzene rings is 4. The van der Waals surface area contributed by atoms with Crippen molar-refractivity contribution in [2.45, 2.75) is 0 Å². The average molecular weight is 693 g/mol. The third-order valence-corrected chi connectivity index (χ3v) is 7.46. The first-order valence-corrected chi connectivity index (χ1v) is 16.8. The van der Waals surface area contributed by atoms with Crippen LogP contribution in [0.15, 0.2) is 97.1 Å². The maximum Gasteiger partial charge on any atom is 0.164 e. The number of fused-ring (bicyclic) bond motifs is 20. The Balaban J connectivity index is 0.000000892. The Hall–Kier alpha value is -4.47. The molecule has 0 aliphatic carbocycles. The normalized spacial score (nSPS) is 11.7. The molecule has 43 heavy (non-hydrogen) atoms. The molecule has 2 aliphatic rings. The van der Waals surface area contributed by atoms with Crippen molar-refractivity contribution in [3.63, 3.8) is 0 Å². The quantitative estimate of drug-likeness (QED) is 0.155. The van der Waals surface area contributed by atoms with Crippen molar-refractivity contribution in [3.8, 4) is 45.6 Å². The van der Waals surface area contributed by atoms with Gasteiger partial charge < -0.3 is 9.97 Å². The number of H-pyrrole nitrogens is 2. The van der Waals surface area contributed by atoms with Gasteiger partial charge >= 0.3 is 36.4 Å². The van der Waals surface area contributed by atoms with Gasteiger partial charge in [0, 0.05) is 43.8 Å². The molecule has 0 atom stereocenters. The molecule has 0 saturated heterocycles. The van der Waals surface area contributed by atoms with Crippen molar-refractivity contribution < 1.29 is 12.2 Å². The van der Waals surface area contributed by atoms with E-state index in [2.05, 4.69) is 24.1 Å². The topological polar surface area (TPSA) is 109 Å². The van der Waals surface area contributed by atoms with Gasteiger partial charge in [0.15, 0.2) is 23.3 Å². The molecule has 0 saturated carbocycles. The molecule has 3 aromatic heterocycles.